The Bertz CT molecular complexity index is 565. The smallest absolute Gasteiger partial charge is 0.127 e. The van der Waals surface area contributed by atoms with Crippen LogP contribution in [0.2, 0.25) is 0 Å². The van der Waals surface area contributed by atoms with E-state index in [9.17, 15) is 0 Å². The molecule has 1 aliphatic rings. The van der Waals surface area contributed by atoms with Crippen molar-refractivity contribution in [1.29, 1.82) is 0 Å². The van der Waals surface area contributed by atoms with E-state index in [1.165, 1.54) is 24.0 Å². The summed E-state index contributed by atoms with van der Waals surface area (Å²) in [6, 6.07) is 16.4. The summed E-state index contributed by atoms with van der Waals surface area (Å²) in [4.78, 5) is 0.457. The molecule has 0 saturated heterocycles. The molecular formula is C17H17BrO. The van der Waals surface area contributed by atoms with E-state index in [-0.39, 0.29) is 0 Å². The second-order valence-electron chi connectivity index (χ2n) is 5.15. The normalized spacial score (nSPS) is 21.8. The van der Waals surface area contributed by atoms with Gasteiger partial charge in [-0.05, 0) is 54.2 Å². The first-order valence-corrected chi connectivity index (χ1v) is 7.66. The first kappa shape index (κ1) is 12.7. The lowest BCUT2D eigenvalue weighted by molar-refractivity contribution is 0.479. The SMILES string of the molecule is CC1CCC(Br)c2cc(Oc3ccccc3)ccc21. The number of halogens is 1. The maximum absolute atomic E-state index is 5.91. The Hall–Kier alpha value is -1.28. The highest BCUT2D eigenvalue weighted by Gasteiger charge is 2.23. The third kappa shape index (κ3) is 2.69. The van der Waals surface area contributed by atoms with Crippen molar-refractivity contribution in [2.24, 2.45) is 0 Å². The van der Waals surface area contributed by atoms with E-state index >= 15 is 0 Å². The van der Waals surface area contributed by atoms with Gasteiger partial charge in [0.05, 0.1) is 0 Å². The van der Waals surface area contributed by atoms with Crippen LogP contribution in [-0.4, -0.2) is 0 Å². The Morgan fingerprint density at radius 2 is 1.74 bits per heavy atom. The first-order valence-electron chi connectivity index (χ1n) is 6.75. The summed E-state index contributed by atoms with van der Waals surface area (Å²) in [5.74, 6) is 2.45. The molecule has 1 nitrogen and oxygen atoms in total. The molecule has 0 aliphatic heterocycles. The number of hydrogen-bond donors (Lipinski definition) is 0. The highest BCUT2D eigenvalue weighted by molar-refractivity contribution is 9.09. The number of alkyl halides is 1. The quantitative estimate of drug-likeness (QED) is 0.635. The van der Waals surface area contributed by atoms with Crippen LogP contribution < -0.4 is 4.74 Å². The molecule has 0 amide bonds. The average molecular weight is 317 g/mol. The van der Waals surface area contributed by atoms with E-state index in [1.807, 2.05) is 30.3 Å². The average Bonchev–Trinajstić information content (AvgIpc) is 2.44. The van der Waals surface area contributed by atoms with Crippen molar-refractivity contribution >= 4 is 15.9 Å². The monoisotopic (exact) mass is 316 g/mol. The molecule has 98 valence electrons. The molecule has 2 aromatic carbocycles. The molecular weight excluding hydrogens is 300 g/mol. The molecule has 0 saturated carbocycles. The topological polar surface area (TPSA) is 9.23 Å². The van der Waals surface area contributed by atoms with Gasteiger partial charge in [0.1, 0.15) is 11.5 Å². The zero-order chi connectivity index (χ0) is 13.2. The minimum atomic E-state index is 0.457. The number of fused-ring (bicyclic) bond motifs is 1. The van der Waals surface area contributed by atoms with Crippen LogP contribution in [0.1, 0.15) is 41.6 Å². The van der Waals surface area contributed by atoms with Gasteiger partial charge in [0.2, 0.25) is 0 Å². The molecule has 2 heteroatoms. The predicted octanol–water partition coefficient (Wildman–Crippen LogP) is 5.81. The lowest BCUT2D eigenvalue weighted by atomic mass is 9.84. The van der Waals surface area contributed by atoms with E-state index in [0.29, 0.717) is 10.7 Å². The van der Waals surface area contributed by atoms with E-state index in [0.717, 1.165) is 11.5 Å². The maximum atomic E-state index is 5.91. The maximum Gasteiger partial charge on any atom is 0.127 e. The molecule has 0 radical (unpaired) electrons. The Kier molecular flexibility index (Phi) is 3.61. The summed E-state index contributed by atoms with van der Waals surface area (Å²) >= 11 is 3.78. The molecule has 19 heavy (non-hydrogen) atoms. The van der Waals surface area contributed by atoms with Crippen LogP contribution in [0.25, 0.3) is 0 Å². The molecule has 3 rings (SSSR count). The van der Waals surface area contributed by atoms with Gasteiger partial charge in [-0.15, -0.1) is 0 Å². The molecule has 2 unspecified atom stereocenters. The summed E-state index contributed by atoms with van der Waals surface area (Å²) in [6.07, 6.45) is 2.45. The van der Waals surface area contributed by atoms with Crippen molar-refractivity contribution in [3.05, 3.63) is 59.7 Å². The molecule has 0 heterocycles. The van der Waals surface area contributed by atoms with Crippen LogP contribution in [0, 0.1) is 0 Å². The van der Waals surface area contributed by atoms with Gasteiger partial charge in [0.25, 0.3) is 0 Å². The van der Waals surface area contributed by atoms with Gasteiger partial charge in [-0.3, -0.25) is 0 Å². The fraction of sp³-hybridized carbons (Fsp3) is 0.294. The van der Waals surface area contributed by atoms with Crippen molar-refractivity contribution in [1.82, 2.24) is 0 Å². The number of rotatable bonds is 2. The summed E-state index contributed by atoms with van der Waals surface area (Å²) in [5.41, 5.74) is 2.83. The van der Waals surface area contributed by atoms with Crippen molar-refractivity contribution < 1.29 is 4.74 Å². The van der Waals surface area contributed by atoms with E-state index < -0.39 is 0 Å². The van der Waals surface area contributed by atoms with Gasteiger partial charge in [0, 0.05) is 4.83 Å². The van der Waals surface area contributed by atoms with Gasteiger partial charge < -0.3 is 4.74 Å². The van der Waals surface area contributed by atoms with Crippen LogP contribution in [0.15, 0.2) is 48.5 Å². The first-order chi connectivity index (χ1) is 9.24. The predicted molar refractivity (Wildman–Crippen MR) is 82.3 cm³/mol. The number of hydrogen-bond acceptors (Lipinski definition) is 1. The van der Waals surface area contributed by atoms with Gasteiger partial charge in [-0.2, -0.15) is 0 Å². The summed E-state index contributed by atoms with van der Waals surface area (Å²) in [5, 5.41) is 0. The van der Waals surface area contributed by atoms with Crippen molar-refractivity contribution in [2.45, 2.75) is 30.5 Å². The van der Waals surface area contributed by atoms with Crippen LogP contribution in [0.4, 0.5) is 0 Å². The van der Waals surface area contributed by atoms with Gasteiger partial charge in [-0.25, -0.2) is 0 Å². The van der Waals surface area contributed by atoms with Gasteiger partial charge >= 0.3 is 0 Å². The lowest BCUT2D eigenvalue weighted by Gasteiger charge is -2.26. The molecule has 0 aromatic heterocycles. The van der Waals surface area contributed by atoms with Crippen LogP contribution >= 0.6 is 15.9 Å². The second kappa shape index (κ2) is 5.38. The van der Waals surface area contributed by atoms with Crippen molar-refractivity contribution in [3.63, 3.8) is 0 Å². The van der Waals surface area contributed by atoms with Crippen molar-refractivity contribution in [3.8, 4) is 11.5 Å². The molecule has 0 N–H and O–H groups in total. The Morgan fingerprint density at radius 1 is 0.947 bits per heavy atom. The lowest BCUT2D eigenvalue weighted by Crippen LogP contribution is -2.08. The van der Waals surface area contributed by atoms with Crippen LogP contribution in [0.5, 0.6) is 11.5 Å². The van der Waals surface area contributed by atoms with Gasteiger partial charge in [0.15, 0.2) is 0 Å². The molecule has 2 atom stereocenters. The van der Waals surface area contributed by atoms with Crippen LogP contribution in [0.3, 0.4) is 0 Å². The van der Waals surface area contributed by atoms with Crippen LogP contribution in [-0.2, 0) is 0 Å². The highest BCUT2D eigenvalue weighted by atomic mass is 79.9. The number of benzene rings is 2. The fourth-order valence-corrected chi connectivity index (χ4v) is 3.33. The Labute approximate surface area is 122 Å². The zero-order valence-corrected chi connectivity index (χ0v) is 12.6. The largest absolute Gasteiger partial charge is 0.457 e. The third-order valence-electron chi connectivity index (χ3n) is 3.76. The fourth-order valence-electron chi connectivity index (χ4n) is 2.67. The van der Waals surface area contributed by atoms with E-state index in [1.54, 1.807) is 0 Å². The molecule has 0 fully saturated rings. The summed E-state index contributed by atoms with van der Waals surface area (Å²) in [6.45, 7) is 2.30. The molecule has 2 aromatic rings. The Morgan fingerprint density at radius 3 is 2.53 bits per heavy atom. The van der Waals surface area contributed by atoms with E-state index in [2.05, 4.69) is 41.1 Å². The highest BCUT2D eigenvalue weighted by Crippen LogP contribution is 2.43. The third-order valence-corrected chi connectivity index (χ3v) is 4.71. The number of para-hydroxylation sites is 1. The zero-order valence-electron chi connectivity index (χ0n) is 11.0. The summed E-state index contributed by atoms with van der Waals surface area (Å²) in [7, 11) is 0. The van der Waals surface area contributed by atoms with Gasteiger partial charge in [-0.1, -0.05) is 47.1 Å². The molecule has 0 spiro atoms. The Balaban J connectivity index is 1.91. The standard InChI is InChI=1S/C17H17BrO/c1-12-7-10-17(18)16-11-14(8-9-15(12)16)19-13-5-3-2-4-6-13/h2-6,8-9,11-12,17H,7,10H2,1H3. The molecule has 0 bridgehead atoms. The minimum absolute atomic E-state index is 0.457. The van der Waals surface area contributed by atoms with Crippen molar-refractivity contribution in [2.75, 3.05) is 0 Å². The summed E-state index contributed by atoms with van der Waals surface area (Å²) < 4.78 is 5.91. The second-order valence-corrected chi connectivity index (χ2v) is 6.26. The minimum Gasteiger partial charge on any atom is -0.457 e. The molecule has 1 aliphatic carbocycles. The van der Waals surface area contributed by atoms with E-state index in [4.69, 9.17) is 4.74 Å². The number of ether oxygens (including phenoxy) is 1.